The molecule has 1 fully saturated rings. The summed E-state index contributed by atoms with van der Waals surface area (Å²) in [4.78, 5) is 24.4. The third-order valence-electron chi connectivity index (χ3n) is 3.77. The summed E-state index contributed by atoms with van der Waals surface area (Å²) in [7, 11) is -3.51. The van der Waals surface area contributed by atoms with E-state index >= 15 is 0 Å². The molecule has 1 N–H and O–H groups in total. The van der Waals surface area contributed by atoms with Crippen molar-refractivity contribution < 1.29 is 22.7 Å². The van der Waals surface area contributed by atoms with Gasteiger partial charge in [-0.25, -0.2) is 8.42 Å². The Kier molecular flexibility index (Phi) is 6.31. The maximum absolute atomic E-state index is 12.2. The average Bonchev–Trinajstić information content (AvgIpc) is 3.01. The first-order valence-corrected chi connectivity index (χ1v) is 10.1. The molecule has 7 nitrogen and oxygen atoms in total. The van der Waals surface area contributed by atoms with Crippen LogP contribution in [0.15, 0.2) is 18.2 Å². The highest BCUT2D eigenvalue weighted by atomic mass is 35.5. The van der Waals surface area contributed by atoms with Crippen molar-refractivity contribution in [1.82, 2.24) is 4.31 Å². The number of esters is 1. The van der Waals surface area contributed by atoms with Crippen molar-refractivity contribution in [2.45, 2.75) is 31.9 Å². The largest absolute Gasteiger partial charge is 0.451 e. The first-order chi connectivity index (χ1) is 11.6. The standard InChI is InChI=1S/C15H18Cl2N2O5S/c1-9(14(20)18-11-6-3-5-10(16)13(11)17)24-15(21)12-7-4-8-19(12)25(2,22)23/h3,5-6,9,12H,4,7-8H2,1-2H3,(H,18,20)/t9-,12-/m0/s1. The summed E-state index contributed by atoms with van der Waals surface area (Å²) in [6.07, 6.45) is 0.839. The van der Waals surface area contributed by atoms with Gasteiger partial charge < -0.3 is 10.1 Å². The zero-order valence-corrected chi connectivity index (χ0v) is 16.0. The highest BCUT2D eigenvalue weighted by Gasteiger charge is 2.38. The molecule has 2 rings (SSSR count). The van der Waals surface area contributed by atoms with E-state index in [0.29, 0.717) is 18.5 Å². The second-order valence-electron chi connectivity index (χ2n) is 5.70. The number of anilines is 1. The van der Waals surface area contributed by atoms with E-state index in [1.165, 1.54) is 6.92 Å². The Balaban J connectivity index is 2.01. The van der Waals surface area contributed by atoms with Crippen LogP contribution in [0.4, 0.5) is 5.69 Å². The van der Waals surface area contributed by atoms with Crippen molar-refractivity contribution in [3.05, 3.63) is 28.2 Å². The Morgan fingerprint density at radius 2 is 2.04 bits per heavy atom. The number of amides is 1. The van der Waals surface area contributed by atoms with Gasteiger partial charge in [0.2, 0.25) is 10.0 Å². The van der Waals surface area contributed by atoms with E-state index in [1.807, 2.05) is 0 Å². The van der Waals surface area contributed by atoms with E-state index in [2.05, 4.69) is 5.32 Å². The van der Waals surface area contributed by atoms with Crippen LogP contribution in [0.25, 0.3) is 0 Å². The van der Waals surface area contributed by atoms with Gasteiger partial charge in [-0.3, -0.25) is 9.59 Å². The van der Waals surface area contributed by atoms with Gasteiger partial charge in [-0.2, -0.15) is 4.31 Å². The molecule has 0 radical (unpaired) electrons. The Hall–Kier alpha value is -1.35. The monoisotopic (exact) mass is 408 g/mol. The summed E-state index contributed by atoms with van der Waals surface area (Å²) in [5.74, 6) is -1.34. The van der Waals surface area contributed by atoms with Gasteiger partial charge in [0.1, 0.15) is 6.04 Å². The van der Waals surface area contributed by atoms with Crippen LogP contribution >= 0.6 is 23.2 Å². The van der Waals surface area contributed by atoms with Crippen molar-refractivity contribution in [2.24, 2.45) is 0 Å². The molecular weight excluding hydrogens is 391 g/mol. The van der Waals surface area contributed by atoms with Gasteiger partial charge in [0.25, 0.3) is 5.91 Å². The molecule has 10 heteroatoms. The van der Waals surface area contributed by atoms with E-state index in [-0.39, 0.29) is 16.6 Å². The number of benzene rings is 1. The van der Waals surface area contributed by atoms with Crippen LogP contribution < -0.4 is 5.32 Å². The van der Waals surface area contributed by atoms with Gasteiger partial charge in [0, 0.05) is 6.54 Å². The fraction of sp³-hybridized carbons (Fsp3) is 0.467. The molecular formula is C15H18Cl2N2O5S. The summed E-state index contributed by atoms with van der Waals surface area (Å²) in [6.45, 7) is 1.66. The lowest BCUT2D eigenvalue weighted by Gasteiger charge is -2.22. The number of halogens is 2. The highest BCUT2D eigenvalue weighted by Crippen LogP contribution is 2.29. The third kappa shape index (κ3) is 4.84. The van der Waals surface area contributed by atoms with Crippen LogP contribution in [0, 0.1) is 0 Å². The quantitative estimate of drug-likeness (QED) is 0.754. The smallest absolute Gasteiger partial charge is 0.325 e. The lowest BCUT2D eigenvalue weighted by Crippen LogP contribution is -2.43. The molecule has 1 saturated heterocycles. The maximum atomic E-state index is 12.2. The van der Waals surface area contributed by atoms with E-state index in [1.54, 1.807) is 18.2 Å². The molecule has 0 aromatic heterocycles. The number of hydrogen-bond donors (Lipinski definition) is 1. The fourth-order valence-corrected chi connectivity index (χ4v) is 3.98. The van der Waals surface area contributed by atoms with Gasteiger partial charge >= 0.3 is 5.97 Å². The molecule has 138 valence electrons. The number of nitrogens with one attached hydrogen (secondary N) is 1. The Bertz CT molecular complexity index is 784. The predicted molar refractivity (Wildman–Crippen MR) is 95.2 cm³/mol. The molecule has 0 spiro atoms. The van der Waals surface area contributed by atoms with E-state index in [4.69, 9.17) is 27.9 Å². The van der Waals surface area contributed by atoms with Crippen LogP contribution in [0.5, 0.6) is 0 Å². The van der Waals surface area contributed by atoms with Crippen LogP contribution in [0.3, 0.4) is 0 Å². The van der Waals surface area contributed by atoms with Gasteiger partial charge in [0.15, 0.2) is 6.10 Å². The minimum atomic E-state index is -3.51. The Morgan fingerprint density at radius 1 is 1.36 bits per heavy atom. The van der Waals surface area contributed by atoms with Gasteiger partial charge in [0.05, 0.1) is 22.0 Å². The molecule has 1 aromatic carbocycles. The number of sulfonamides is 1. The second-order valence-corrected chi connectivity index (χ2v) is 8.42. The van der Waals surface area contributed by atoms with Gasteiger partial charge in [-0.15, -0.1) is 0 Å². The van der Waals surface area contributed by atoms with Crippen molar-refractivity contribution in [3.8, 4) is 0 Å². The lowest BCUT2D eigenvalue weighted by molar-refractivity contribution is -0.156. The molecule has 1 amide bonds. The van der Waals surface area contributed by atoms with E-state index in [9.17, 15) is 18.0 Å². The SMILES string of the molecule is C[C@H](OC(=O)[C@@H]1CCCN1S(C)(=O)=O)C(=O)Nc1cccc(Cl)c1Cl. The van der Waals surface area contributed by atoms with Crippen LogP contribution in [0.1, 0.15) is 19.8 Å². The topological polar surface area (TPSA) is 92.8 Å². The maximum Gasteiger partial charge on any atom is 0.325 e. The molecule has 0 bridgehead atoms. The number of carbonyl (C=O) groups excluding carboxylic acids is 2. The summed E-state index contributed by atoms with van der Waals surface area (Å²) in [5, 5.41) is 2.98. The normalized spacial score (nSPS) is 19.4. The summed E-state index contributed by atoms with van der Waals surface area (Å²) in [6, 6.07) is 3.84. The van der Waals surface area contributed by atoms with Crippen molar-refractivity contribution in [1.29, 1.82) is 0 Å². The van der Waals surface area contributed by atoms with Gasteiger partial charge in [-0.1, -0.05) is 29.3 Å². The molecule has 0 aliphatic carbocycles. The van der Waals surface area contributed by atoms with Crippen molar-refractivity contribution >= 4 is 50.8 Å². The molecule has 1 aromatic rings. The second kappa shape index (κ2) is 7.90. The van der Waals surface area contributed by atoms with Crippen molar-refractivity contribution in [2.75, 3.05) is 18.1 Å². The van der Waals surface area contributed by atoms with E-state index < -0.39 is 34.0 Å². The number of nitrogens with zero attached hydrogens (tertiary/aromatic N) is 1. The number of rotatable bonds is 5. The molecule has 1 aliphatic heterocycles. The fourth-order valence-electron chi connectivity index (χ4n) is 2.51. The summed E-state index contributed by atoms with van der Waals surface area (Å²) < 4.78 is 29.6. The highest BCUT2D eigenvalue weighted by molar-refractivity contribution is 7.88. The number of ether oxygens (including phenoxy) is 1. The Morgan fingerprint density at radius 3 is 2.68 bits per heavy atom. The third-order valence-corrected chi connectivity index (χ3v) is 5.88. The first kappa shape index (κ1) is 20.0. The van der Waals surface area contributed by atoms with Crippen LogP contribution in [-0.2, 0) is 24.3 Å². The van der Waals surface area contributed by atoms with Crippen molar-refractivity contribution in [3.63, 3.8) is 0 Å². The minimum Gasteiger partial charge on any atom is -0.451 e. The predicted octanol–water partition coefficient (Wildman–Crippen LogP) is 2.29. The first-order valence-electron chi connectivity index (χ1n) is 7.53. The summed E-state index contributed by atoms with van der Waals surface area (Å²) >= 11 is 11.9. The molecule has 0 saturated carbocycles. The summed E-state index contributed by atoms with van der Waals surface area (Å²) in [5.41, 5.74) is 0.292. The molecule has 1 aliphatic rings. The zero-order valence-electron chi connectivity index (χ0n) is 13.7. The van der Waals surface area contributed by atoms with E-state index in [0.717, 1.165) is 10.6 Å². The molecule has 25 heavy (non-hydrogen) atoms. The molecule has 0 unspecified atom stereocenters. The average molecular weight is 409 g/mol. The lowest BCUT2D eigenvalue weighted by atomic mass is 10.2. The van der Waals surface area contributed by atoms with Crippen LogP contribution in [0.2, 0.25) is 10.0 Å². The van der Waals surface area contributed by atoms with Gasteiger partial charge in [-0.05, 0) is 31.9 Å². The Labute approximate surface area is 156 Å². The number of carbonyl (C=O) groups is 2. The molecule has 1 heterocycles. The van der Waals surface area contributed by atoms with Crippen LogP contribution in [-0.4, -0.2) is 49.5 Å². The zero-order chi connectivity index (χ0) is 18.8. The molecule has 2 atom stereocenters. The minimum absolute atomic E-state index is 0.176. The number of hydrogen-bond acceptors (Lipinski definition) is 5.